The van der Waals surface area contributed by atoms with E-state index in [2.05, 4.69) is 69.4 Å². The summed E-state index contributed by atoms with van der Waals surface area (Å²) in [6, 6.07) is 20.8. The molecule has 3 rings (SSSR count). The quantitative estimate of drug-likeness (QED) is 0.635. The van der Waals surface area contributed by atoms with E-state index in [1.807, 2.05) is 18.3 Å². The van der Waals surface area contributed by atoms with Crippen LogP contribution in [0.5, 0.6) is 0 Å². The van der Waals surface area contributed by atoms with Crippen molar-refractivity contribution in [2.75, 3.05) is 0 Å². The van der Waals surface area contributed by atoms with Crippen LogP contribution in [0.3, 0.4) is 0 Å². The lowest BCUT2D eigenvalue weighted by Crippen LogP contribution is -1.86. The predicted octanol–water partition coefficient (Wildman–Crippen LogP) is 5.18. The minimum absolute atomic E-state index is 1.08. The Morgan fingerprint density at radius 1 is 0.737 bits per heavy atom. The van der Waals surface area contributed by atoms with Gasteiger partial charge in [-0.05, 0) is 34.9 Å². The van der Waals surface area contributed by atoms with Crippen LogP contribution in [0.25, 0.3) is 22.3 Å². The molecular formula is C17H12BrN. The lowest BCUT2D eigenvalue weighted by molar-refractivity contribution is 1.33. The summed E-state index contributed by atoms with van der Waals surface area (Å²) in [6.45, 7) is 0. The van der Waals surface area contributed by atoms with Crippen molar-refractivity contribution in [3.8, 4) is 22.3 Å². The van der Waals surface area contributed by atoms with E-state index in [-0.39, 0.29) is 0 Å². The Kier molecular flexibility index (Phi) is 3.43. The fourth-order valence-corrected chi connectivity index (χ4v) is 2.51. The molecule has 1 nitrogen and oxygen atoms in total. The van der Waals surface area contributed by atoms with Gasteiger partial charge in [0.25, 0.3) is 0 Å². The molecule has 1 heterocycles. The van der Waals surface area contributed by atoms with Gasteiger partial charge in [-0.15, -0.1) is 0 Å². The molecule has 0 unspecified atom stereocenters. The highest BCUT2D eigenvalue weighted by Crippen LogP contribution is 2.33. The highest BCUT2D eigenvalue weighted by molar-refractivity contribution is 9.10. The van der Waals surface area contributed by atoms with Gasteiger partial charge in [0, 0.05) is 22.4 Å². The first-order valence-electron chi connectivity index (χ1n) is 6.10. The van der Waals surface area contributed by atoms with Crippen molar-refractivity contribution in [2.45, 2.75) is 0 Å². The van der Waals surface area contributed by atoms with E-state index < -0.39 is 0 Å². The van der Waals surface area contributed by atoms with Crippen molar-refractivity contribution >= 4 is 15.9 Å². The van der Waals surface area contributed by atoms with Crippen LogP contribution in [0.1, 0.15) is 0 Å². The highest BCUT2D eigenvalue weighted by Gasteiger charge is 2.07. The summed E-state index contributed by atoms with van der Waals surface area (Å²) in [5, 5.41) is 0. The molecule has 0 saturated carbocycles. The normalized spacial score (nSPS) is 10.4. The molecule has 1 aromatic heterocycles. The fourth-order valence-electron chi connectivity index (χ4n) is 2.15. The predicted molar refractivity (Wildman–Crippen MR) is 82.8 cm³/mol. The number of hydrogen-bond acceptors (Lipinski definition) is 1. The number of aromatic nitrogens is 1. The van der Waals surface area contributed by atoms with Gasteiger partial charge >= 0.3 is 0 Å². The van der Waals surface area contributed by atoms with Crippen LogP contribution in [0.4, 0.5) is 0 Å². The van der Waals surface area contributed by atoms with Crippen molar-refractivity contribution < 1.29 is 0 Å². The smallest absolute Gasteiger partial charge is 0.0346 e. The standard InChI is InChI=1S/C17H12BrN/c18-15-8-9-16(14-7-4-10-19-12-14)17(11-15)13-5-2-1-3-6-13/h1-12H. The van der Waals surface area contributed by atoms with Gasteiger partial charge < -0.3 is 0 Å². The number of halogens is 1. The Morgan fingerprint density at radius 2 is 1.53 bits per heavy atom. The zero-order valence-corrected chi connectivity index (χ0v) is 11.8. The Morgan fingerprint density at radius 3 is 2.26 bits per heavy atom. The second-order valence-electron chi connectivity index (χ2n) is 4.30. The van der Waals surface area contributed by atoms with Gasteiger partial charge in [-0.3, -0.25) is 4.98 Å². The summed E-state index contributed by atoms with van der Waals surface area (Å²) in [5.41, 5.74) is 4.75. The molecule has 19 heavy (non-hydrogen) atoms. The van der Waals surface area contributed by atoms with Crippen molar-refractivity contribution in [2.24, 2.45) is 0 Å². The van der Waals surface area contributed by atoms with Crippen LogP contribution in [0, 0.1) is 0 Å². The second-order valence-corrected chi connectivity index (χ2v) is 5.21. The molecule has 0 fully saturated rings. The monoisotopic (exact) mass is 309 g/mol. The topological polar surface area (TPSA) is 12.9 Å². The molecule has 3 aromatic rings. The van der Waals surface area contributed by atoms with Gasteiger partial charge in [-0.25, -0.2) is 0 Å². The number of hydrogen-bond donors (Lipinski definition) is 0. The van der Waals surface area contributed by atoms with Gasteiger partial charge in [-0.1, -0.05) is 58.4 Å². The first kappa shape index (κ1) is 12.1. The summed E-state index contributed by atoms with van der Waals surface area (Å²) in [6.07, 6.45) is 3.69. The highest BCUT2D eigenvalue weighted by atomic mass is 79.9. The van der Waals surface area contributed by atoms with Crippen LogP contribution in [-0.4, -0.2) is 4.98 Å². The summed E-state index contributed by atoms with van der Waals surface area (Å²) in [5.74, 6) is 0. The average molecular weight is 310 g/mol. The lowest BCUT2D eigenvalue weighted by atomic mass is 9.96. The first-order chi connectivity index (χ1) is 9.34. The minimum Gasteiger partial charge on any atom is -0.264 e. The largest absolute Gasteiger partial charge is 0.264 e. The molecule has 0 aliphatic rings. The van der Waals surface area contributed by atoms with E-state index in [0.29, 0.717) is 0 Å². The molecule has 0 bridgehead atoms. The van der Waals surface area contributed by atoms with E-state index in [0.717, 1.165) is 10.0 Å². The van der Waals surface area contributed by atoms with Gasteiger partial charge in [-0.2, -0.15) is 0 Å². The van der Waals surface area contributed by atoms with Crippen LogP contribution in [0.15, 0.2) is 77.5 Å². The Labute approximate surface area is 121 Å². The van der Waals surface area contributed by atoms with Gasteiger partial charge in [0.1, 0.15) is 0 Å². The summed E-state index contributed by atoms with van der Waals surface area (Å²) in [4.78, 5) is 4.21. The maximum absolute atomic E-state index is 4.21. The third-order valence-electron chi connectivity index (χ3n) is 3.04. The minimum atomic E-state index is 1.08. The van der Waals surface area contributed by atoms with Crippen LogP contribution in [0.2, 0.25) is 0 Å². The zero-order chi connectivity index (χ0) is 13.1. The van der Waals surface area contributed by atoms with Crippen molar-refractivity contribution in [3.63, 3.8) is 0 Å². The number of nitrogens with zero attached hydrogens (tertiary/aromatic N) is 1. The molecule has 0 spiro atoms. The average Bonchev–Trinajstić information content (AvgIpc) is 2.49. The summed E-state index contributed by atoms with van der Waals surface area (Å²) in [7, 11) is 0. The number of benzene rings is 2. The maximum atomic E-state index is 4.21. The van der Waals surface area contributed by atoms with Crippen molar-refractivity contribution in [1.29, 1.82) is 0 Å². The number of rotatable bonds is 2. The Bertz CT molecular complexity index is 678. The molecule has 0 aliphatic heterocycles. The van der Waals surface area contributed by atoms with E-state index in [1.165, 1.54) is 16.7 Å². The Hall–Kier alpha value is -1.93. The van der Waals surface area contributed by atoms with E-state index in [4.69, 9.17) is 0 Å². The third kappa shape index (κ3) is 2.59. The molecule has 0 aliphatic carbocycles. The fraction of sp³-hybridized carbons (Fsp3) is 0. The number of pyridine rings is 1. The molecule has 0 radical (unpaired) electrons. The molecule has 92 valence electrons. The molecule has 0 amide bonds. The SMILES string of the molecule is Brc1ccc(-c2cccnc2)c(-c2ccccc2)c1. The molecule has 0 atom stereocenters. The summed E-state index contributed by atoms with van der Waals surface area (Å²) < 4.78 is 1.08. The molecule has 2 heteroatoms. The van der Waals surface area contributed by atoms with Gasteiger partial charge in [0.05, 0.1) is 0 Å². The molecular weight excluding hydrogens is 298 g/mol. The summed E-state index contributed by atoms with van der Waals surface area (Å²) >= 11 is 3.55. The van der Waals surface area contributed by atoms with Crippen molar-refractivity contribution in [1.82, 2.24) is 4.98 Å². The third-order valence-corrected chi connectivity index (χ3v) is 3.53. The molecule has 0 saturated heterocycles. The van der Waals surface area contributed by atoms with Gasteiger partial charge in [0.2, 0.25) is 0 Å². The van der Waals surface area contributed by atoms with Crippen LogP contribution in [-0.2, 0) is 0 Å². The second kappa shape index (κ2) is 5.37. The lowest BCUT2D eigenvalue weighted by Gasteiger charge is -2.10. The first-order valence-corrected chi connectivity index (χ1v) is 6.89. The maximum Gasteiger partial charge on any atom is 0.0346 e. The van der Waals surface area contributed by atoms with E-state index in [9.17, 15) is 0 Å². The van der Waals surface area contributed by atoms with E-state index in [1.54, 1.807) is 6.20 Å². The zero-order valence-electron chi connectivity index (χ0n) is 10.3. The van der Waals surface area contributed by atoms with Crippen LogP contribution >= 0.6 is 15.9 Å². The molecule has 0 N–H and O–H groups in total. The van der Waals surface area contributed by atoms with Crippen LogP contribution < -0.4 is 0 Å². The molecule has 2 aromatic carbocycles. The Balaban J connectivity index is 2.21. The van der Waals surface area contributed by atoms with E-state index >= 15 is 0 Å². The van der Waals surface area contributed by atoms with Crippen molar-refractivity contribution in [3.05, 3.63) is 77.5 Å². The van der Waals surface area contributed by atoms with Gasteiger partial charge in [0.15, 0.2) is 0 Å².